The normalized spacial score (nSPS) is 11.6. The second-order valence-electron chi connectivity index (χ2n) is 5.71. The molecule has 0 bridgehead atoms. The van der Waals surface area contributed by atoms with Gasteiger partial charge in [-0.25, -0.2) is 4.98 Å². The number of amides is 2. The molecule has 1 heterocycles. The Hall–Kier alpha value is -3.19. The minimum Gasteiger partial charge on any atom is -0.399 e. The van der Waals surface area contributed by atoms with Gasteiger partial charge in [-0.15, -0.1) is 11.3 Å². The average Bonchev–Trinajstić information content (AvgIpc) is 3.11. The first kappa shape index (κ1) is 17.6. The lowest BCUT2D eigenvalue weighted by molar-refractivity contribution is -0.117. The fourth-order valence-corrected chi connectivity index (χ4v) is 2.99. The van der Waals surface area contributed by atoms with Crippen LogP contribution < -0.4 is 16.4 Å². The summed E-state index contributed by atoms with van der Waals surface area (Å²) in [4.78, 5) is 28.9. The van der Waals surface area contributed by atoms with Crippen LogP contribution in [-0.2, 0) is 4.79 Å². The van der Waals surface area contributed by atoms with E-state index < -0.39 is 6.04 Å². The van der Waals surface area contributed by atoms with Crippen molar-refractivity contribution in [2.24, 2.45) is 0 Å². The Balaban J connectivity index is 1.60. The van der Waals surface area contributed by atoms with Crippen LogP contribution in [0, 0.1) is 0 Å². The number of benzene rings is 2. The molecule has 2 aromatic carbocycles. The number of hydrogen-bond acceptors (Lipinski definition) is 5. The maximum atomic E-state index is 12.3. The second-order valence-corrected chi connectivity index (χ2v) is 6.57. The third-order valence-electron chi connectivity index (χ3n) is 3.72. The minimum absolute atomic E-state index is 0.331. The average molecular weight is 366 g/mol. The van der Waals surface area contributed by atoms with E-state index in [2.05, 4.69) is 15.6 Å². The lowest BCUT2D eigenvalue weighted by Crippen LogP contribution is -2.41. The Bertz CT molecular complexity index is 907. The van der Waals surface area contributed by atoms with E-state index >= 15 is 0 Å². The highest BCUT2D eigenvalue weighted by molar-refractivity contribution is 7.14. The molecule has 2 amide bonds. The van der Waals surface area contributed by atoms with Crippen molar-refractivity contribution in [2.45, 2.75) is 13.0 Å². The summed E-state index contributed by atoms with van der Waals surface area (Å²) in [6.07, 6.45) is 0. The maximum Gasteiger partial charge on any atom is 0.251 e. The van der Waals surface area contributed by atoms with Gasteiger partial charge in [0.1, 0.15) is 6.04 Å². The summed E-state index contributed by atoms with van der Waals surface area (Å²) < 4.78 is 0. The SMILES string of the molecule is CC(NC(=O)c1ccc(N)cc1)C(=O)Nc1nc(-c2ccccc2)cs1. The first-order valence-corrected chi connectivity index (χ1v) is 8.89. The molecule has 0 spiro atoms. The summed E-state index contributed by atoms with van der Waals surface area (Å²) in [5, 5.41) is 7.76. The molecule has 0 aliphatic heterocycles. The monoisotopic (exact) mass is 366 g/mol. The Kier molecular flexibility index (Phi) is 5.28. The van der Waals surface area contributed by atoms with Gasteiger partial charge in [-0.2, -0.15) is 0 Å². The van der Waals surface area contributed by atoms with Gasteiger partial charge < -0.3 is 16.4 Å². The summed E-state index contributed by atoms with van der Waals surface area (Å²) >= 11 is 1.34. The van der Waals surface area contributed by atoms with Crippen LogP contribution in [0.15, 0.2) is 60.0 Å². The molecule has 0 saturated heterocycles. The van der Waals surface area contributed by atoms with Crippen molar-refractivity contribution in [3.63, 3.8) is 0 Å². The van der Waals surface area contributed by atoms with Crippen LogP contribution in [0.1, 0.15) is 17.3 Å². The summed E-state index contributed by atoms with van der Waals surface area (Å²) in [6, 6.07) is 15.5. The number of anilines is 2. The molecular weight excluding hydrogens is 348 g/mol. The van der Waals surface area contributed by atoms with E-state index in [1.807, 2.05) is 35.7 Å². The zero-order chi connectivity index (χ0) is 18.5. The third-order valence-corrected chi connectivity index (χ3v) is 4.48. The standard InChI is InChI=1S/C19H18N4O2S/c1-12(21-18(25)14-7-9-15(20)10-8-14)17(24)23-19-22-16(11-26-19)13-5-3-2-4-6-13/h2-12H,20H2,1H3,(H,21,25)(H,22,23,24). The zero-order valence-electron chi connectivity index (χ0n) is 14.1. The fraction of sp³-hybridized carbons (Fsp3) is 0.105. The number of rotatable bonds is 5. The molecule has 7 heteroatoms. The summed E-state index contributed by atoms with van der Waals surface area (Å²) in [6.45, 7) is 1.62. The lowest BCUT2D eigenvalue weighted by atomic mass is 10.2. The van der Waals surface area contributed by atoms with Gasteiger partial charge in [-0.05, 0) is 31.2 Å². The van der Waals surface area contributed by atoms with Gasteiger partial charge in [-0.1, -0.05) is 30.3 Å². The molecule has 0 aliphatic carbocycles. The predicted molar refractivity (Wildman–Crippen MR) is 104 cm³/mol. The minimum atomic E-state index is -0.705. The van der Waals surface area contributed by atoms with Gasteiger partial charge >= 0.3 is 0 Å². The van der Waals surface area contributed by atoms with Crippen molar-refractivity contribution in [3.8, 4) is 11.3 Å². The van der Waals surface area contributed by atoms with Crippen molar-refractivity contribution in [1.29, 1.82) is 0 Å². The quantitative estimate of drug-likeness (QED) is 0.604. The Morgan fingerprint density at radius 3 is 2.46 bits per heavy atom. The highest BCUT2D eigenvalue weighted by Gasteiger charge is 2.18. The van der Waals surface area contributed by atoms with Crippen LogP contribution in [-0.4, -0.2) is 22.8 Å². The van der Waals surface area contributed by atoms with Crippen LogP contribution in [0.3, 0.4) is 0 Å². The molecule has 0 saturated carbocycles. The molecule has 0 radical (unpaired) electrons. The number of nitrogens with one attached hydrogen (secondary N) is 2. The van der Waals surface area contributed by atoms with Crippen LogP contribution in [0.4, 0.5) is 10.8 Å². The van der Waals surface area contributed by atoms with Gasteiger partial charge in [0.25, 0.3) is 5.91 Å². The number of carbonyl (C=O) groups excluding carboxylic acids is 2. The van der Waals surface area contributed by atoms with E-state index in [4.69, 9.17) is 5.73 Å². The lowest BCUT2D eigenvalue weighted by Gasteiger charge is -2.13. The van der Waals surface area contributed by atoms with Gasteiger partial charge in [0.15, 0.2) is 5.13 Å². The van der Waals surface area contributed by atoms with Crippen molar-refractivity contribution in [2.75, 3.05) is 11.1 Å². The van der Waals surface area contributed by atoms with Gasteiger partial charge in [0.2, 0.25) is 5.91 Å². The first-order chi connectivity index (χ1) is 12.5. The smallest absolute Gasteiger partial charge is 0.251 e. The summed E-state index contributed by atoms with van der Waals surface area (Å²) in [5.74, 6) is -0.667. The predicted octanol–water partition coefficient (Wildman–Crippen LogP) is 3.15. The van der Waals surface area contributed by atoms with Crippen molar-refractivity contribution >= 4 is 34.0 Å². The molecule has 3 aromatic rings. The zero-order valence-corrected chi connectivity index (χ0v) is 14.9. The van der Waals surface area contributed by atoms with E-state index in [0.717, 1.165) is 11.3 Å². The number of nitrogen functional groups attached to an aromatic ring is 1. The Morgan fingerprint density at radius 1 is 1.08 bits per heavy atom. The summed E-state index contributed by atoms with van der Waals surface area (Å²) in [5.41, 5.74) is 8.40. The molecule has 3 rings (SSSR count). The van der Waals surface area contributed by atoms with Gasteiger partial charge in [0.05, 0.1) is 5.69 Å². The van der Waals surface area contributed by atoms with E-state index in [1.54, 1.807) is 31.2 Å². The molecule has 1 atom stereocenters. The largest absolute Gasteiger partial charge is 0.399 e. The molecule has 1 unspecified atom stereocenters. The summed E-state index contributed by atoms with van der Waals surface area (Å²) in [7, 11) is 0. The van der Waals surface area contributed by atoms with Gasteiger partial charge in [0, 0.05) is 22.2 Å². The van der Waals surface area contributed by atoms with E-state index in [1.165, 1.54) is 11.3 Å². The second kappa shape index (κ2) is 7.79. The molecule has 6 nitrogen and oxygen atoms in total. The van der Waals surface area contributed by atoms with Crippen LogP contribution in [0.5, 0.6) is 0 Å². The molecule has 4 N–H and O–H groups in total. The van der Waals surface area contributed by atoms with E-state index in [-0.39, 0.29) is 11.8 Å². The van der Waals surface area contributed by atoms with Crippen molar-refractivity contribution in [1.82, 2.24) is 10.3 Å². The molecule has 132 valence electrons. The molecular formula is C19H18N4O2S. The van der Waals surface area contributed by atoms with E-state index in [0.29, 0.717) is 16.4 Å². The van der Waals surface area contributed by atoms with Gasteiger partial charge in [-0.3, -0.25) is 9.59 Å². The fourth-order valence-electron chi connectivity index (χ4n) is 2.27. The third kappa shape index (κ3) is 4.25. The van der Waals surface area contributed by atoms with Crippen molar-refractivity contribution < 1.29 is 9.59 Å². The first-order valence-electron chi connectivity index (χ1n) is 8.01. The number of aromatic nitrogens is 1. The molecule has 26 heavy (non-hydrogen) atoms. The van der Waals surface area contributed by atoms with Crippen LogP contribution >= 0.6 is 11.3 Å². The molecule has 0 fully saturated rings. The van der Waals surface area contributed by atoms with E-state index in [9.17, 15) is 9.59 Å². The topological polar surface area (TPSA) is 97.1 Å². The molecule has 1 aromatic heterocycles. The maximum absolute atomic E-state index is 12.3. The van der Waals surface area contributed by atoms with Crippen LogP contribution in [0.25, 0.3) is 11.3 Å². The highest BCUT2D eigenvalue weighted by atomic mass is 32.1. The number of carbonyl (C=O) groups is 2. The highest BCUT2D eigenvalue weighted by Crippen LogP contribution is 2.24. The Labute approximate surface area is 155 Å². The van der Waals surface area contributed by atoms with Crippen LogP contribution in [0.2, 0.25) is 0 Å². The Morgan fingerprint density at radius 2 is 1.77 bits per heavy atom. The number of hydrogen-bond donors (Lipinski definition) is 3. The number of thiazole rings is 1. The molecule has 0 aliphatic rings. The number of nitrogens with zero attached hydrogens (tertiary/aromatic N) is 1. The van der Waals surface area contributed by atoms with Crippen molar-refractivity contribution in [3.05, 3.63) is 65.5 Å². The number of nitrogens with two attached hydrogens (primary N) is 1.